The van der Waals surface area contributed by atoms with Crippen molar-refractivity contribution in [1.29, 1.82) is 0 Å². The van der Waals surface area contributed by atoms with Crippen LogP contribution in [-0.4, -0.2) is 20.4 Å². The van der Waals surface area contributed by atoms with Crippen LogP contribution in [-0.2, 0) is 7.05 Å². The lowest BCUT2D eigenvalue weighted by molar-refractivity contribution is 0.0940. The van der Waals surface area contributed by atoms with Crippen LogP contribution in [0.3, 0.4) is 0 Å². The van der Waals surface area contributed by atoms with Gasteiger partial charge in [-0.1, -0.05) is 12.1 Å². The van der Waals surface area contributed by atoms with Crippen LogP contribution in [0.2, 0.25) is 0 Å². The summed E-state index contributed by atoms with van der Waals surface area (Å²) in [5.74, 6) is -0.0354. The van der Waals surface area contributed by atoms with Crippen LogP contribution in [0.15, 0.2) is 55.0 Å². The largest absolute Gasteiger partial charge is 0.338 e. The normalized spacial score (nSPS) is 12.0. The van der Waals surface area contributed by atoms with Gasteiger partial charge in [-0.3, -0.25) is 9.78 Å². The van der Waals surface area contributed by atoms with E-state index in [9.17, 15) is 9.18 Å². The van der Waals surface area contributed by atoms with Gasteiger partial charge in [0.05, 0.1) is 5.56 Å². The maximum absolute atomic E-state index is 13.6. The van der Waals surface area contributed by atoms with E-state index in [1.807, 2.05) is 14.0 Å². The Morgan fingerprint density at radius 1 is 1.25 bits per heavy atom. The van der Waals surface area contributed by atoms with Crippen LogP contribution < -0.4 is 5.32 Å². The molecule has 1 atom stereocenters. The molecular formula is C18H17FN4O. The number of halogens is 1. The fourth-order valence-electron chi connectivity index (χ4n) is 2.45. The van der Waals surface area contributed by atoms with Gasteiger partial charge in [-0.05, 0) is 36.8 Å². The van der Waals surface area contributed by atoms with Gasteiger partial charge in [-0.2, -0.15) is 0 Å². The molecule has 0 radical (unpaired) electrons. The summed E-state index contributed by atoms with van der Waals surface area (Å²) in [6.45, 7) is 1.85. The standard InChI is InChI=1S/C18H17FN4O/c1-12-6-7-14(11-21-12)18(24)22-16(17-20-8-9-23(17)2)13-4-3-5-15(19)10-13/h3-11,16H,1-2H3,(H,22,24)/t16-/m0/s1. The first kappa shape index (κ1) is 15.9. The summed E-state index contributed by atoms with van der Waals surface area (Å²) >= 11 is 0. The highest BCUT2D eigenvalue weighted by Crippen LogP contribution is 2.21. The fraction of sp³-hybridized carbons (Fsp3) is 0.167. The van der Waals surface area contributed by atoms with Gasteiger partial charge in [0.25, 0.3) is 5.91 Å². The number of nitrogens with zero attached hydrogens (tertiary/aromatic N) is 3. The van der Waals surface area contributed by atoms with Crippen molar-refractivity contribution in [2.75, 3.05) is 0 Å². The Bertz CT molecular complexity index is 857. The quantitative estimate of drug-likeness (QED) is 0.803. The molecule has 0 aliphatic heterocycles. The number of aromatic nitrogens is 3. The zero-order chi connectivity index (χ0) is 17.1. The zero-order valence-corrected chi connectivity index (χ0v) is 13.4. The maximum Gasteiger partial charge on any atom is 0.253 e. The molecule has 1 amide bonds. The predicted molar refractivity (Wildman–Crippen MR) is 87.9 cm³/mol. The van der Waals surface area contributed by atoms with Crippen LogP contribution in [0.25, 0.3) is 0 Å². The Balaban J connectivity index is 1.95. The van der Waals surface area contributed by atoms with Crippen LogP contribution in [0.5, 0.6) is 0 Å². The Labute approximate surface area is 139 Å². The van der Waals surface area contributed by atoms with Gasteiger partial charge in [-0.25, -0.2) is 9.37 Å². The van der Waals surface area contributed by atoms with Gasteiger partial charge in [0.15, 0.2) is 0 Å². The summed E-state index contributed by atoms with van der Waals surface area (Å²) in [5.41, 5.74) is 1.89. The second-order valence-electron chi connectivity index (χ2n) is 5.55. The lowest BCUT2D eigenvalue weighted by Gasteiger charge is -2.19. The van der Waals surface area contributed by atoms with E-state index < -0.39 is 6.04 Å². The number of hydrogen-bond acceptors (Lipinski definition) is 3. The third-order valence-electron chi connectivity index (χ3n) is 3.75. The first-order chi connectivity index (χ1) is 11.5. The molecule has 122 valence electrons. The summed E-state index contributed by atoms with van der Waals surface area (Å²) in [6.07, 6.45) is 4.94. The summed E-state index contributed by atoms with van der Waals surface area (Å²) in [7, 11) is 1.83. The molecular weight excluding hydrogens is 307 g/mol. The Morgan fingerprint density at radius 2 is 2.08 bits per heavy atom. The predicted octanol–water partition coefficient (Wildman–Crippen LogP) is 2.78. The van der Waals surface area contributed by atoms with E-state index in [1.54, 1.807) is 41.2 Å². The van der Waals surface area contributed by atoms with E-state index in [4.69, 9.17) is 0 Å². The number of rotatable bonds is 4. The van der Waals surface area contributed by atoms with Crippen molar-refractivity contribution < 1.29 is 9.18 Å². The van der Waals surface area contributed by atoms with E-state index in [-0.39, 0.29) is 11.7 Å². The molecule has 24 heavy (non-hydrogen) atoms. The lowest BCUT2D eigenvalue weighted by Crippen LogP contribution is -2.31. The number of amides is 1. The van der Waals surface area contributed by atoms with Gasteiger partial charge >= 0.3 is 0 Å². The van der Waals surface area contributed by atoms with Gasteiger partial charge in [0.2, 0.25) is 0 Å². The zero-order valence-electron chi connectivity index (χ0n) is 13.4. The first-order valence-electron chi connectivity index (χ1n) is 7.51. The SMILES string of the molecule is Cc1ccc(C(=O)N[C@@H](c2cccc(F)c2)c2nccn2C)cn1. The minimum atomic E-state index is -0.561. The summed E-state index contributed by atoms with van der Waals surface area (Å²) in [5, 5.41) is 2.91. The number of carbonyl (C=O) groups is 1. The third kappa shape index (κ3) is 3.32. The van der Waals surface area contributed by atoms with Crippen molar-refractivity contribution in [1.82, 2.24) is 19.9 Å². The molecule has 0 saturated heterocycles. The summed E-state index contributed by atoms with van der Waals surface area (Å²) in [6, 6.07) is 9.05. The van der Waals surface area contributed by atoms with Crippen molar-refractivity contribution in [3.63, 3.8) is 0 Å². The van der Waals surface area contributed by atoms with Crippen molar-refractivity contribution in [3.05, 3.63) is 83.5 Å². The molecule has 1 aromatic carbocycles. The highest BCUT2D eigenvalue weighted by molar-refractivity contribution is 5.94. The average Bonchev–Trinajstić information content (AvgIpc) is 2.99. The molecule has 2 heterocycles. The number of benzene rings is 1. The van der Waals surface area contributed by atoms with E-state index >= 15 is 0 Å². The molecule has 0 saturated carbocycles. The van der Waals surface area contributed by atoms with Gasteiger partial charge in [0, 0.05) is 31.3 Å². The molecule has 5 nitrogen and oxygen atoms in total. The van der Waals surface area contributed by atoms with Crippen molar-refractivity contribution in [3.8, 4) is 0 Å². The Morgan fingerprint density at radius 3 is 2.71 bits per heavy atom. The third-order valence-corrected chi connectivity index (χ3v) is 3.75. The second kappa shape index (κ2) is 6.62. The maximum atomic E-state index is 13.6. The molecule has 3 aromatic rings. The van der Waals surface area contributed by atoms with Crippen molar-refractivity contribution >= 4 is 5.91 Å². The summed E-state index contributed by atoms with van der Waals surface area (Å²) in [4.78, 5) is 21.0. The smallest absolute Gasteiger partial charge is 0.253 e. The summed E-state index contributed by atoms with van der Waals surface area (Å²) < 4.78 is 15.4. The lowest BCUT2D eigenvalue weighted by atomic mass is 10.1. The van der Waals surface area contributed by atoms with E-state index in [0.29, 0.717) is 17.0 Å². The number of carbonyl (C=O) groups excluding carboxylic acids is 1. The molecule has 0 aliphatic rings. The second-order valence-corrected chi connectivity index (χ2v) is 5.55. The number of aryl methyl sites for hydroxylation is 2. The van der Waals surface area contributed by atoms with Crippen LogP contribution in [0.4, 0.5) is 4.39 Å². The number of hydrogen-bond donors (Lipinski definition) is 1. The van der Waals surface area contributed by atoms with Crippen LogP contribution in [0, 0.1) is 12.7 Å². The van der Waals surface area contributed by atoms with Crippen LogP contribution >= 0.6 is 0 Å². The molecule has 6 heteroatoms. The minimum Gasteiger partial charge on any atom is -0.338 e. The van der Waals surface area contributed by atoms with E-state index in [1.165, 1.54) is 18.3 Å². The molecule has 0 bridgehead atoms. The number of imidazole rings is 1. The van der Waals surface area contributed by atoms with Gasteiger partial charge in [0.1, 0.15) is 17.7 Å². The first-order valence-corrected chi connectivity index (χ1v) is 7.51. The molecule has 0 unspecified atom stereocenters. The highest BCUT2D eigenvalue weighted by atomic mass is 19.1. The molecule has 3 rings (SSSR count). The molecule has 0 fully saturated rings. The fourth-order valence-corrected chi connectivity index (χ4v) is 2.45. The average molecular weight is 324 g/mol. The van der Waals surface area contributed by atoms with Crippen molar-refractivity contribution in [2.24, 2.45) is 7.05 Å². The number of nitrogens with one attached hydrogen (secondary N) is 1. The van der Waals surface area contributed by atoms with Crippen molar-refractivity contribution in [2.45, 2.75) is 13.0 Å². The van der Waals surface area contributed by atoms with Gasteiger partial charge < -0.3 is 9.88 Å². The van der Waals surface area contributed by atoms with E-state index in [0.717, 1.165) is 5.69 Å². The highest BCUT2D eigenvalue weighted by Gasteiger charge is 2.22. The minimum absolute atomic E-state index is 0.292. The topological polar surface area (TPSA) is 59.8 Å². The molecule has 2 aromatic heterocycles. The van der Waals surface area contributed by atoms with Crippen LogP contribution in [0.1, 0.15) is 33.5 Å². The monoisotopic (exact) mass is 324 g/mol. The Hall–Kier alpha value is -3.02. The van der Waals surface area contributed by atoms with E-state index in [2.05, 4.69) is 15.3 Å². The Kier molecular flexibility index (Phi) is 4.37. The molecule has 0 spiro atoms. The van der Waals surface area contributed by atoms with Gasteiger partial charge in [-0.15, -0.1) is 0 Å². The molecule has 1 N–H and O–H groups in total. The number of pyridine rings is 1. The molecule has 0 aliphatic carbocycles.